The number of nitrogen functional groups attached to an aromatic ring is 1. The van der Waals surface area contributed by atoms with Gasteiger partial charge in [0.15, 0.2) is 6.29 Å². The monoisotopic (exact) mass is 366 g/mol. The van der Waals surface area contributed by atoms with E-state index >= 15 is 0 Å². The Balaban J connectivity index is 2.51. The van der Waals surface area contributed by atoms with Crippen LogP contribution in [0.15, 0.2) is 18.2 Å². The number of aliphatic hydroxyl groups excluding tert-OH is 1. The third-order valence-electron chi connectivity index (χ3n) is 4.80. The SMILES string of the molecule is [C-]#[N+]c1cc2c(C(O)OC)c(N)n(-c3c(C)ccc(OC)c3C)c2nc1C. The topological polar surface area (TPSA) is 86.9 Å². The first-order valence-corrected chi connectivity index (χ1v) is 8.40. The Hall–Kier alpha value is -3.08. The zero-order valence-corrected chi connectivity index (χ0v) is 16.0. The molecule has 3 aromatic rings. The molecule has 7 heteroatoms. The molecule has 3 rings (SSSR count). The number of methoxy groups -OCH3 is 2. The number of aryl methyl sites for hydroxylation is 2. The summed E-state index contributed by atoms with van der Waals surface area (Å²) < 4.78 is 12.4. The van der Waals surface area contributed by atoms with Gasteiger partial charge in [0.2, 0.25) is 5.69 Å². The van der Waals surface area contributed by atoms with Gasteiger partial charge in [-0.2, -0.15) is 0 Å². The standard InChI is InChI=1S/C20H22N4O3/c1-10-7-8-15(26-5)11(2)17(10)24-18(21)16(20(25)27-6)13-9-14(22-4)12(3)23-19(13)24/h7-9,20,25H,21H2,1-3,5-6H3. The fraction of sp³-hybridized carbons (Fsp3) is 0.300. The summed E-state index contributed by atoms with van der Waals surface area (Å²) in [5.74, 6) is 1.04. The van der Waals surface area contributed by atoms with Crippen LogP contribution in [0.5, 0.6) is 5.75 Å². The van der Waals surface area contributed by atoms with Gasteiger partial charge in [-0.15, -0.1) is 0 Å². The summed E-state index contributed by atoms with van der Waals surface area (Å²) in [5.41, 5.74) is 11.1. The van der Waals surface area contributed by atoms with Crippen LogP contribution in [-0.2, 0) is 4.74 Å². The highest BCUT2D eigenvalue weighted by Gasteiger charge is 2.26. The van der Waals surface area contributed by atoms with Crippen molar-refractivity contribution in [2.75, 3.05) is 20.0 Å². The average molecular weight is 366 g/mol. The van der Waals surface area contributed by atoms with Crippen LogP contribution < -0.4 is 10.5 Å². The Morgan fingerprint density at radius 1 is 1.26 bits per heavy atom. The Morgan fingerprint density at radius 2 is 1.96 bits per heavy atom. The van der Waals surface area contributed by atoms with Gasteiger partial charge in [0.05, 0.1) is 24.9 Å². The van der Waals surface area contributed by atoms with Crippen molar-refractivity contribution in [1.29, 1.82) is 0 Å². The molecule has 0 aliphatic carbocycles. The van der Waals surface area contributed by atoms with E-state index in [0.717, 1.165) is 22.6 Å². The summed E-state index contributed by atoms with van der Waals surface area (Å²) in [7, 11) is 3.01. The smallest absolute Gasteiger partial charge is 0.208 e. The number of ether oxygens (including phenoxy) is 2. The van der Waals surface area contributed by atoms with Crippen molar-refractivity contribution in [3.8, 4) is 11.4 Å². The number of rotatable bonds is 4. The highest BCUT2D eigenvalue weighted by Crippen LogP contribution is 2.40. The van der Waals surface area contributed by atoms with Gasteiger partial charge in [-0.3, -0.25) is 4.57 Å². The molecule has 0 fully saturated rings. The van der Waals surface area contributed by atoms with Gasteiger partial charge in [0.1, 0.15) is 17.2 Å². The quantitative estimate of drug-likeness (QED) is 0.543. The summed E-state index contributed by atoms with van der Waals surface area (Å²) >= 11 is 0. The van der Waals surface area contributed by atoms with Gasteiger partial charge in [-0.1, -0.05) is 6.07 Å². The molecule has 0 amide bonds. The molecule has 0 saturated carbocycles. The molecule has 0 aliphatic heterocycles. The number of benzene rings is 1. The van der Waals surface area contributed by atoms with Crippen LogP contribution in [0.1, 0.15) is 28.7 Å². The molecule has 1 aromatic carbocycles. The lowest BCUT2D eigenvalue weighted by Gasteiger charge is -2.17. The minimum atomic E-state index is -1.23. The van der Waals surface area contributed by atoms with Crippen LogP contribution in [0.2, 0.25) is 0 Å². The average Bonchev–Trinajstić information content (AvgIpc) is 2.92. The second-order valence-corrected chi connectivity index (χ2v) is 6.36. The van der Waals surface area contributed by atoms with E-state index in [4.69, 9.17) is 21.8 Å². The van der Waals surface area contributed by atoms with E-state index < -0.39 is 6.29 Å². The van der Waals surface area contributed by atoms with Crippen LogP contribution >= 0.6 is 0 Å². The molecule has 3 N–H and O–H groups in total. The van der Waals surface area contributed by atoms with Crippen molar-refractivity contribution in [2.45, 2.75) is 27.1 Å². The maximum Gasteiger partial charge on any atom is 0.208 e. The first-order chi connectivity index (χ1) is 12.8. The fourth-order valence-corrected chi connectivity index (χ4v) is 3.42. The molecule has 1 atom stereocenters. The molecular formula is C20H22N4O3. The highest BCUT2D eigenvalue weighted by molar-refractivity contribution is 5.92. The molecule has 0 radical (unpaired) electrons. The van der Waals surface area contributed by atoms with Crippen molar-refractivity contribution in [3.05, 3.63) is 52.0 Å². The number of pyridine rings is 1. The van der Waals surface area contributed by atoms with Crippen LogP contribution in [0.25, 0.3) is 21.6 Å². The zero-order chi connectivity index (χ0) is 19.9. The molecule has 2 aromatic heterocycles. The predicted molar refractivity (Wildman–Crippen MR) is 104 cm³/mol. The molecule has 1 unspecified atom stereocenters. The molecular weight excluding hydrogens is 344 g/mol. The molecule has 7 nitrogen and oxygen atoms in total. The molecule has 0 bridgehead atoms. The first kappa shape index (κ1) is 18.7. The Kier molecular flexibility index (Phi) is 4.79. The molecule has 2 heterocycles. The van der Waals surface area contributed by atoms with E-state index in [-0.39, 0.29) is 0 Å². The maximum absolute atomic E-state index is 10.4. The van der Waals surface area contributed by atoms with E-state index in [1.165, 1.54) is 7.11 Å². The number of hydrogen-bond donors (Lipinski definition) is 2. The second kappa shape index (κ2) is 6.91. The minimum Gasteiger partial charge on any atom is -0.496 e. The maximum atomic E-state index is 10.4. The van der Waals surface area contributed by atoms with Crippen molar-refractivity contribution in [2.24, 2.45) is 0 Å². The van der Waals surface area contributed by atoms with Gasteiger partial charge in [0.25, 0.3) is 0 Å². The number of aliphatic hydroxyl groups is 1. The van der Waals surface area contributed by atoms with Crippen molar-refractivity contribution < 1.29 is 14.6 Å². The van der Waals surface area contributed by atoms with Gasteiger partial charge in [-0.25, -0.2) is 9.83 Å². The van der Waals surface area contributed by atoms with Gasteiger partial charge in [-0.05, 0) is 38.5 Å². The van der Waals surface area contributed by atoms with E-state index in [9.17, 15) is 5.11 Å². The first-order valence-electron chi connectivity index (χ1n) is 8.40. The van der Waals surface area contributed by atoms with Gasteiger partial charge < -0.3 is 20.3 Å². The number of fused-ring (bicyclic) bond motifs is 1. The lowest BCUT2D eigenvalue weighted by atomic mass is 10.1. The van der Waals surface area contributed by atoms with E-state index in [2.05, 4.69) is 9.83 Å². The van der Waals surface area contributed by atoms with Crippen molar-refractivity contribution in [3.63, 3.8) is 0 Å². The summed E-state index contributed by atoms with van der Waals surface area (Å²) in [6.07, 6.45) is -1.23. The minimum absolute atomic E-state index is 0.313. The summed E-state index contributed by atoms with van der Waals surface area (Å²) in [6, 6.07) is 5.54. The highest BCUT2D eigenvalue weighted by atomic mass is 16.6. The molecule has 27 heavy (non-hydrogen) atoms. The Labute approximate surface area is 157 Å². The van der Waals surface area contributed by atoms with E-state index in [1.807, 2.05) is 26.0 Å². The molecule has 0 aliphatic rings. The lowest BCUT2D eigenvalue weighted by molar-refractivity contribution is -0.0753. The Morgan fingerprint density at radius 3 is 2.56 bits per heavy atom. The molecule has 0 spiro atoms. The summed E-state index contributed by atoms with van der Waals surface area (Å²) in [5, 5.41) is 11.0. The van der Waals surface area contributed by atoms with Crippen molar-refractivity contribution >= 4 is 22.5 Å². The van der Waals surface area contributed by atoms with Crippen LogP contribution in [0.3, 0.4) is 0 Å². The summed E-state index contributed by atoms with van der Waals surface area (Å²) in [4.78, 5) is 8.14. The van der Waals surface area contributed by atoms with E-state index in [1.54, 1.807) is 24.7 Å². The summed E-state index contributed by atoms with van der Waals surface area (Å²) in [6.45, 7) is 13.1. The number of aromatic nitrogens is 2. The molecule has 140 valence electrons. The third kappa shape index (κ3) is 2.79. The number of nitrogens with two attached hydrogens (primary N) is 1. The van der Waals surface area contributed by atoms with Crippen LogP contribution in [0, 0.1) is 27.3 Å². The normalized spacial score (nSPS) is 12.2. The van der Waals surface area contributed by atoms with Gasteiger partial charge >= 0.3 is 0 Å². The lowest BCUT2D eigenvalue weighted by Crippen LogP contribution is -2.08. The zero-order valence-electron chi connectivity index (χ0n) is 16.0. The number of nitrogens with zero attached hydrogens (tertiary/aromatic N) is 3. The molecule has 0 saturated heterocycles. The van der Waals surface area contributed by atoms with Crippen LogP contribution in [0.4, 0.5) is 11.5 Å². The van der Waals surface area contributed by atoms with Crippen LogP contribution in [-0.4, -0.2) is 28.9 Å². The second-order valence-electron chi connectivity index (χ2n) is 6.36. The van der Waals surface area contributed by atoms with E-state index in [0.29, 0.717) is 33.8 Å². The predicted octanol–water partition coefficient (Wildman–Crippen LogP) is 3.73. The third-order valence-corrected chi connectivity index (χ3v) is 4.80. The largest absolute Gasteiger partial charge is 0.496 e. The van der Waals surface area contributed by atoms with Gasteiger partial charge in [0, 0.05) is 23.8 Å². The Bertz CT molecular complexity index is 1080. The van der Waals surface area contributed by atoms with Crippen molar-refractivity contribution in [1.82, 2.24) is 9.55 Å². The fourth-order valence-electron chi connectivity index (χ4n) is 3.42. The number of hydrogen-bond acceptors (Lipinski definition) is 5. The number of anilines is 1.